The number of amides is 3. The number of methoxy groups -OCH3 is 1. The molecule has 3 atom stereocenters. The van der Waals surface area contributed by atoms with Crippen LogP contribution >= 0.6 is 23.2 Å². The summed E-state index contributed by atoms with van der Waals surface area (Å²) in [5, 5.41) is 5.39. The maximum atomic E-state index is 15.4. The summed E-state index contributed by atoms with van der Waals surface area (Å²) in [6, 6.07) is 11.8. The Morgan fingerprint density at radius 3 is 1.91 bits per heavy atom. The molecule has 0 unspecified atom stereocenters. The van der Waals surface area contributed by atoms with Crippen LogP contribution in [0.4, 0.5) is 30.7 Å². The molecular weight excluding hydrogens is 774 g/mol. The van der Waals surface area contributed by atoms with Crippen molar-refractivity contribution in [2.45, 2.75) is 56.8 Å². The van der Waals surface area contributed by atoms with Gasteiger partial charge in [0.1, 0.15) is 24.4 Å². The Kier molecular flexibility index (Phi) is 14.6. The molecule has 0 heterocycles. The summed E-state index contributed by atoms with van der Waals surface area (Å²) in [4.78, 5) is 65.9. The molecule has 3 aromatic carbocycles. The van der Waals surface area contributed by atoms with Crippen molar-refractivity contribution in [1.82, 2.24) is 16.0 Å². The number of halogens is 9. The van der Waals surface area contributed by atoms with Crippen LogP contribution in [0.2, 0.25) is 10.0 Å². The average Bonchev–Trinajstić information content (AvgIpc) is 3.10. The molecule has 3 rings (SSSR count). The molecule has 292 valence electrons. The number of Topliss-reactive ketones (excluding diaryl/α,β-unsaturated/α-hetero) is 2. The number of carbonyl (C=O) groups is 5. The zero-order valence-electron chi connectivity index (χ0n) is 28.7. The number of alkyl halides is 7. The third-order valence-electron chi connectivity index (χ3n) is 8.09. The van der Waals surface area contributed by atoms with Crippen molar-refractivity contribution in [2.75, 3.05) is 13.7 Å². The largest absolute Gasteiger partial charge is 0.497 e. The van der Waals surface area contributed by atoms with E-state index in [9.17, 15) is 45.9 Å². The van der Waals surface area contributed by atoms with Gasteiger partial charge in [0.15, 0.2) is 5.78 Å². The van der Waals surface area contributed by atoms with E-state index in [-0.39, 0.29) is 26.9 Å². The molecule has 0 aliphatic rings. The number of hydrogen-bond donors (Lipinski definition) is 3. The molecule has 0 radical (unpaired) electrons. The second kappa shape index (κ2) is 18.1. The van der Waals surface area contributed by atoms with E-state index in [2.05, 4.69) is 5.32 Å². The van der Waals surface area contributed by atoms with Gasteiger partial charge in [0.05, 0.1) is 7.11 Å². The molecule has 9 nitrogen and oxygen atoms in total. The molecule has 0 saturated heterocycles. The van der Waals surface area contributed by atoms with Crippen LogP contribution in [0.15, 0.2) is 72.8 Å². The highest BCUT2D eigenvalue weighted by Crippen LogP contribution is 2.32. The fourth-order valence-corrected chi connectivity index (χ4v) is 5.57. The lowest BCUT2D eigenvalue weighted by Gasteiger charge is -2.28. The monoisotopic (exact) mass is 807 g/mol. The van der Waals surface area contributed by atoms with Crippen LogP contribution in [0, 0.1) is 11.8 Å². The Morgan fingerprint density at radius 2 is 1.37 bits per heavy atom. The third-order valence-corrected chi connectivity index (χ3v) is 8.56. The molecule has 0 bridgehead atoms. The summed E-state index contributed by atoms with van der Waals surface area (Å²) in [5.41, 5.74) is -0.511. The topological polar surface area (TPSA) is 131 Å². The Labute approximate surface area is 314 Å². The molecule has 54 heavy (non-hydrogen) atoms. The summed E-state index contributed by atoms with van der Waals surface area (Å²) in [6.45, 7) is 0.345. The van der Waals surface area contributed by atoms with Crippen molar-refractivity contribution < 1.29 is 59.4 Å². The second-order valence-electron chi connectivity index (χ2n) is 12.4. The van der Waals surface area contributed by atoms with Crippen molar-refractivity contribution in [3.63, 3.8) is 0 Å². The number of ketones is 2. The highest BCUT2D eigenvalue weighted by atomic mass is 35.5. The van der Waals surface area contributed by atoms with E-state index in [0.29, 0.717) is 0 Å². The van der Waals surface area contributed by atoms with E-state index in [0.717, 1.165) is 17.4 Å². The molecule has 0 spiro atoms. The van der Waals surface area contributed by atoms with E-state index >= 15 is 8.78 Å². The molecule has 3 aromatic rings. The first-order valence-corrected chi connectivity index (χ1v) is 16.8. The summed E-state index contributed by atoms with van der Waals surface area (Å²) in [6.07, 6.45) is -6.57. The lowest BCUT2D eigenvalue weighted by atomic mass is 9.82. The molecular formula is C36H34Cl2F7N3O6. The van der Waals surface area contributed by atoms with E-state index in [1.165, 1.54) is 81.6 Å². The molecule has 0 fully saturated rings. The van der Waals surface area contributed by atoms with E-state index in [1.807, 2.05) is 5.32 Å². The fourth-order valence-electron chi connectivity index (χ4n) is 5.16. The number of benzene rings is 3. The minimum Gasteiger partial charge on any atom is -0.497 e. The predicted octanol–water partition coefficient (Wildman–Crippen LogP) is 6.79. The van der Waals surface area contributed by atoms with Crippen molar-refractivity contribution in [1.29, 1.82) is 0 Å². The number of carbonyl (C=O) groups excluding carboxylic acids is 5. The van der Waals surface area contributed by atoms with Gasteiger partial charge in [-0.2, -0.15) is 30.7 Å². The van der Waals surface area contributed by atoms with Crippen molar-refractivity contribution in [3.05, 3.63) is 99.5 Å². The van der Waals surface area contributed by atoms with Gasteiger partial charge in [-0.15, -0.1) is 0 Å². The fraction of sp³-hybridized carbons (Fsp3) is 0.361. The second-order valence-corrected chi connectivity index (χ2v) is 13.3. The Bertz CT molecular complexity index is 1840. The van der Waals surface area contributed by atoms with Crippen molar-refractivity contribution in [3.8, 4) is 5.75 Å². The van der Waals surface area contributed by atoms with Crippen molar-refractivity contribution in [2.24, 2.45) is 11.8 Å². The zero-order valence-corrected chi connectivity index (χ0v) is 30.2. The maximum Gasteiger partial charge on any atom is 0.405 e. The first-order chi connectivity index (χ1) is 25.1. The summed E-state index contributed by atoms with van der Waals surface area (Å²) < 4.78 is 103. The van der Waals surface area contributed by atoms with Gasteiger partial charge < -0.3 is 20.7 Å². The van der Waals surface area contributed by atoms with Gasteiger partial charge in [0.25, 0.3) is 11.8 Å². The van der Waals surface area contributed by atoms with Gasteiger partial charge in [-0.3, -0.25) is 24.0 Å². The molecule has 0 aromatic heterocycles. The van der Waals surface area contributed by atoms with Gasteiger partial charge in [-0.1, -0.05) is 73.4 Å². The van der Waals surface area contributed by atoms with Crippen LogP contribution in [0.25, 0.3) is 0 Å². The van der Waals surface area contributed by atoms with E-state index in [4.69, 9.17) is 27.9 Å². The average molecular weight is 809 g/mol. The normalized spacial score (nSPS) is 13.7. The molecule has 3 amide bonds. The smallest absolute Gasteiger partial charge is 0.405 e. The number of hydrogen-bond acceptors (Lipinski definition) is 6. The Hall–Kier alpha value is -4.70. The van der Waals surface area contributed by atoms with Gasteiger partial charge in [-0.05, 0) is 53.4 Å². The number of rotatable bonds is 17. The SMILES string of the molecule is COc1ccc([C@H](NC(=O)[C@H](Cc2cccc(Cl)c2)NC(=O)C(F)(F)c2cccc(Cl)c2)C(=O)C[C@H](C(=O)C(F)(F)C(=O)NCC(F)(F)F)C(C)C)cc1. The third kappa shape index (κ3) is 11.6. The van der Waals surface area contributed by atoms with Gasteiger partial charge >= 0.3 is 18.0 Å². The highest BCUT2D eigenvalue weighted by molar-refractivity contribution is 6.31. The minimum absolute atomic E-state index is 0.00382. The van der Waals surface area contributed by atoms with Crippen LogP contribution in [-0.2, 0) is 36.3 Å². The van der Waals surface area contributed by atoms with Crippen LogP contribution in [-0.4, -0.2) is 61.1 Å². The van der Waals surface area contributed by atoms with Crippen LogP contribution in [0.1, 0.15) is 43.0 Å². The minimum atomic E-state index is -5.07. The lowest BCUT2D eigenvalue weighted by Crippen LogP contribution is -2.53. The van der Waals surface area contributed by atoms with Crippen LogP contribution in [0.5, 0.6) is 5.75 Å². The maximum absolute atomic E-state index is 15.4. The first kappa shape index (κ1) is 43.7. The first-order valence-electron chi connectivity index (χ1n) is 16.0. The number of ether oxygens (including phenoxy) is 1. The van der Waals surface area contributed by atoms with E-state index in [1.54, 1.807) is 0 Å². The molecule has 0 aliphatic carbocycles. The summed E-state index contributed by atoms with van der Waals surface area (Å²) in [7, 11) is 1.32. The van der Waals surface area contributed by atoms with E-state index < -0.39 is 96.2 Å². The zero-order chi connectivity index (χ0) is 40.6. The summed E-state index contributed by atoms with van der Waals surface area (Å²) in [5.74, 6) is -20.9. The molecule has 0 saturated carbocycles. The Balaban J connectivity index is 2.00. The molecule has 3 N–H and O–H groups in total. The highest BCUT2D eigenvalue weighted by Gasteiger charge is 2.52. The van der Waals surface area contributed by atoms with Gasteiger partial charge in [-0.25, -0.2) is 0 Å². The Morgan fingerprint density at radius 1 is 0.778 bits per heavy atom. The van der Waals surface area contributed by atoms with Gasteiger partial charge in [0.2, 0.25) is 11.7 Å². The summed E-state index contributed by atoms with van der Waals surface area (Å²) >= 11 is 11.9. The molecule has 18 heteroatoms. The predicted molar refractivity (Wildman–Crippen MR) is 183 cm³/mol. The quantitative estimate of drug-likeness (QED) is 0.102. The number of nitrogens with one attached hydrogen (secondary N) is 3. The van der Waals surface area contributed by atoms with Crippen LogP contribution in [0.3, 0.4) is 0 Å². The standard InChI is InChI=1S/C36H34Cl2F7N3O6/c1-19(2)26(30(50)36(44,45)32(52)46-18-34(39,40)41)17-28(49)29(21-10-12-25(54-3)13-11-21)48-31(51)27(15-20-6-4-8-23(37)14-20)47-33(53)35(42,43)22-7-5-9-24(38)16-22/h4-14,16,19,26-27,29H,15,17-18H2,1-3H3,(H,46,52)(H,47,53)(H,48,51)/t26-,27-,29-/m0/s1. The lowest BCUT2D eigenvalue weighted by molar-refractivity contribution is -0.167. The van der Waals surface area contributed by atoms with Crippen LogP contribution < -0.4 is 20.7 Å². The van der Waals surface area contributed by atoms with Gasteiger partial charge in [0, 0.05) is 34.4 Å². The van der Waals surface area contributed by atoms with Crippen molar-refractivity contribution >= 4 is 52.5 Å². The molecule has 0 aliphatic heterocycles.